The number of hydrogen-bond donors (Lipinski definition) is 2. The maximum Gasteiger partial charge on any atom is 0.272 e. The Labute approximate surface area is 174 Å². The minimum atomic E-state index is -0.323. The van der Waals surface area contributed by atoms with Crippen molar-refractivity contribution in [3.8, 4) is 5.75 Å². The minimum absolute atomic E-state index is 0.282. The summed E-state index contributed by atoms with van der Waals surface area (Å²) in [5.74, 6) is 0.0386. The van der Waals surface area contributed by atoms with Crippen LogP contribution in [-0.4, -0.2) is 23.5 Å². The molecule has 0 aliphatic heterocycles. The fourth-order valence-electron chi connectivity index (χ4n) is 3.38. The van der Waals surface area contributed by atoms with Crippen LogP contribution < -0.4 is 15.4 Å². The fraction of sp³-hybridized carbons (Fsp3) is 0.0833. The van der Waals surface area contributed by atoms with Crippen molar-refractivity contribution < 1.29 is 14.3 Å². The first-order valence-electron chi connectivity index (χ1n) is 9.47. The number of aromatic nitrogens is 1. The van der Waals surface area contributed by atoms with Gasteiger partial charge in [0.05, 0.1) is 18.4 Å². The molecule has 0 saturated heterocycles. The van der Waals surface area contributed by atoms with E-state index in [1.807, 2.05) is 41.9 Å². The van der Waals surface area contributed by atoms with E-state index in [0.29, 0.717) is 28.4 Å². The zero-order valence-electron chi connectivity index (χ0n) is 16.7. The van der Waals surface area contributed by atoms with Gasteiger partial charge in [-0.05, 0) is 36.4 Å². The number of rotatable bonds is 5. The van der Waals surface area contributed by atoms with Crippen molar-refractivity contribution in [2.24, 2.45) is 7.05 Å². The average Bonchev–Trinajstić information content (AvgIpc) is 3.11. The van der Waals surface area contributed by atoms with Gasteiger partial charge in [0.25, 0.3) is 11.8 Å². The van der Waals surface area contributed by atoms with Gasteiger partial charge in [-0.1, -0.05) is 36.4 Å². The van der Waals surface area contributed by atoms with Crippen LogP contribution in [-0.2, 0) is 7.05 Å². The summed E-state index contributed by atoms with van der Waals surface area (Å²) < 4.78 is 7.03. The molecule has 0 unspecified atom stereocenters. The highest BCUT2D eigenvalue weighted by Crippen LogP contribution is 2.23. The second-order valence-corrected chi connectivity index (χ2v) is 6.83. The number of carbonyl (C=O) groups is 2. The number of para-hydroxylation sites is 2. The number of hydrogen-bond acceptors (Lipinski definition) is 3. The summed E-state index contributed by atoms with van der Waals surface area (Å²) in [5.41, 5.74) is 2.89. The summed E-state index contributed by atoms with van der Waals surface area (Å²) in [6.45, 7) is 0. The van der Waals surface area contributed by atoms with Gasteiger partial charge >= 0.3 is 0 Å². The van der Waals surface area contributed by atoms with Gasteiger partial charge in [-0.2, -0.15) is 0 Å². The number of nitrogens with one attached hydrogen (secondary N) is 2. The maximum absolute atomic E-state index is 12.9. The number of benzene rings is 3. The molecule has 0 radical (unpaired) electrons. The van der Waals surface area contributed by atoms with Gasteiger partial charge in [0.1, 0.15) is 11.4 Å². The van der Waals surface area contributed by atoms with Crippen molar-refractivity contribution in [2.45, 2.75) is 0 Å². The van der Waals surface area contributed by atoms with Crippen LogP contribution in [0, 0.1) is 0 Å². The molecule has 0 aliphatic rings. The zero-order valence-corrected chi connectivity index (χ0v) is 16.7. The third-order valence-electron chi connectivity index (χ3n) is 4.93. The van der Waals surface area contributed by atoms with Crippen LogP contribution >= 0.6 is 0 Å². The Morgan fingerprint density at radius 2 is 1.60 bits per heavy atom. The first-order valence-corrected chi connectivity index (χ1v) is 9.47. The van der Waals surface area contributed by atoms with Gasteiger partial charge in [0, 0.05) is 29.7 Å². The SMILES string of the molecule is COc1cccc(NC(=O)c2ccccc2NC(=O)c2cc3ccccc3n2C)c1. The summed E-state index contributed by atoms with van der Waals surface area (Å²) in [6.07, 6.45) is 0. The van der Waals surface area contributed by atoms with Gasteiger partial charge in [-0.15, -0.1) is 0 Å². The number of carbonyl (C=O) groups excluding carboxylic acids is 2. The Morgan fingerprint density at radius 3 is 2.40 bits per heavy atom. The molecule has 2 amide bonds. The smallest absolute Gasteiger partial charge is 0.272 e. The van der Waals surface area contributed by atoms with Crippen molar-refractivity contribution in [3.05, 3.63) is 90.1 Å². The third-order valence-corrected chi connectivity index (χ3v) is 4.93. The molecule has 2 N–H and O–H groups in total. The highest BCUT2D eigenvalue weighted by atomic mass is 16.5. The van der Waals surface area contributed by atoms with Crippen molar-refractivity contribution >= 4 is 34.1 Å². The topological polar surface area (TPSA) is 72.4 Å². The number of fused-ring (bicyclic) bond motifs is 1. The first kappa shape index (κ1) is 19.3. The zero-order chi connectivity index (χ0) is 21.1. The molecule has 1 heterocycles. The molecule has 0 atom stereocenters. The first-order chi connectivity index (χ1) is 14.6. The number of nitrogens with zero attached hydrogens (tertiary/aromatic N) is 1. The summed E-state index contributed by atoms with van der Waals surface area (Å²) in [7, 11) is 3.41. The van der Waals surface area contributed by atoms with Gasteiger partial charge in [0.15, 0.2) is 0 Å². The van der Waals surface area contributed by atoms with E-state index < -0.39 is 0 Å². The monoisotopic (exact) mass is 399 g/mol. The van der Waals surface area contributed by atoms with Gasteiger partial charge in [-0.3, -0.25) is 9.59 Å². The fourth-order valence-corrected chi connectivity index (χ4v) is 3.38. The Morgan fingerprint density at radius 1 is 0.833 bits per heavy atom. The standard InChI is InChI=1S/C24H21N3O3/c1-27-21-13-6-3-8-16(21)14-22(27)24(29)26-20-12-5-4-11-19(20)23(28)25-17-9-7-10-18(15-17)30-2/h3-15H,1-2H3,(H,25,28)(H,26,29). The number of amides is 2. The van der Waals surface area contributed by atoms with E-state index in [0.717, 1.165) is 10.9 Å². The second kappa shape index (κ2) is 8.13. The minimum Gasteiger partial charge on any atom is -0.497 e. The Kier molecular flexibility index (Phi) is 5.22. The molecule has 0 spiro atoms. The van der Waals surface area contributed by atoms with Crippen LogP contribution in [0.15, 0.2) is 78.9 Å². The lowest BCUT2D eigenvalue weighted by atomic mass is 10.1. The third kappa shape index (κ3) is 3.75. The molecule has 0 bridgehead atoms. The molecule has 6 nitrogen and oxygen atoms in total. The van der Waals surface area contributed by atoms with Gasteiger partial charge in [0.2, 0.25) is 0 Å². The quantitative estimate of drug-likeness (QED) is 0.511. The molecule has 0 saturated carbocycles. The second-order valence-electron chi connectivity index (χ2n) is 6.83. The van der Waals surface area contributed by atoms with E-state index in [1.165, 1.54) is 0 Å². The van der Waals surface area contributed by atoms with Crippen LogP contribution in [0.1, 0.15) is 20.8 Å². The Hall–Kier alpha value is -4.06. The predicted molar refractivity (Wildman–Crippen MR) is 118 cm³/mol. The van der Waals surface area contributed by atoms with Crippen molar-refractivity contribution in [3.63, 3.8) is 0 Å². The van der Waals surface area contributed by atoms with Crippen LogP contribution in [0.4, 0.5) is 11.4 Å². The van der Waals surface area contributed by atoms with Gasteiger partial charge < -0.3 is 19.9 Å². The lowest BCUT2D eigenvalue weighted by Crippen LogP contribution is -2.19. The van der Waals surface area contributed by atoms with Crippen molar-refractivity contribution in [1.82, 2.24) is 4.57 Å². The molecule has 6 heteroatoms. The van der Waals surface area contributed by atoms with Gasteiger partial charge in [-0.25, -0.2) is 0 Å². The lowest BCUT2D eigenvalue weighted by Gasteiger charge is -2.12. The van der Waals surface area contributed by atoms with Crippen LogP contribution in [0.3, 0.4) is 0 Å². The average molecular weight is 399 g/mol. The summed E-state index contributed by atoms with van der Waals surface area (Å²) >= 11 is 0. The number of methoxy groups -OCH3 is 1. The van der Waals surface area contributed by atoms with Crippen LogP contribution in [0.25, 0.3) is 10.9 Å². The highest BCUT2D eigenvalue weighted by molar-refractivity contribution is 6.13. The summed E-state index contributed by atoms with van der Waals surface area (Å²) in [4.78, 5) is 25.8. The van der Waals surface area contributed by atoms with E-state index in [-0.39, 0.29) is 11.8 Å². The number of aryl methyl sites for hydroxylation is 1. The maximum atomic E-state index is 12.9. The molecule has 4 rings (SSSR count). The number of ether oxygens (including phenoxy) is 1. The molecule has 1 aromatic heterocycles. The summed E-state index contributed by atoms with van der Waals surface area (Å²) in [6, 6.07) is 23.6. The molecule has 0 aliphatic carbocycles. The molecular weight excluding hydrogens is 378 g/mol. The molecule has 30 heavy (non-hydrogen) atoms. The summed E-state index contributed by atoms with van der Waals surface area (Å²) in [5, 5.41) is 6.70. The number of anilines is 2. The molecule has 4 aromatic rings. The highest BCUT2D eigenvalue weighted by Gasteiger charge is 2.17. The van der Waals surface area contributed by atoms with E-state index >= 15 is 0 Å². The van der Waals surface area contributed by atoms with Crippen molar-refractivity contribution in [1.29, 1.82) is 0 Å². The molecule has 3 aromatic carbocycles. The molecule has 0 fully saturated rings. The lowest BCUT2D eigenvalue weighted by molar-refractivity contribution is 0.101. The largest absolute Gasteiger partial charge is 0.497 e. The van der Waals surface area contributed by atoms with Crippen LogP contribution in [0.5, 0.6) is 5.75 Å². The van der Waals surface area contributed by atoms with E-state index in [9.17, 15) is 9.59 Å². The predicted octanol–water partition coefficient (Wildman–Crippen LogP) is 4.69. The van der Waals surface area contributed by atoms with Crippen molar-refractivity contribution in [2.75, 3.05) is 17.7 Å². The van der Waals surface area contributed by atoms with E-state index in [4.69, 9.17) is 4.74 Å². The molecule has 150 valence electrons. The molecular formula is C24H21N3O3. The van der Waals surface area contributed by atoms with Crippen LogP contribution in [0.2, 0.25) is 0 Å². The normalized spacial score (nSPS) is 10.6. The van der Waals surface area contributed by atoms with E-state index in [1.54, 1.807) is 55.6 Å². The Bertz CT molecular complexity index is 1240. The van der Waals surface area contributed by atoms with E-state index in [2.05, 4.69) is 10.6 Å². The Balaban J connectivity index is 1.58.